The Balaban J connectivity index is 1.59. The first-order valence-corrected chi connectivity index (χ1v) is 11.4. The number of hydrogen-bond donors (Lipinski definition) is 1. The van der Waals surface area contributed by atoms with E-state index in [1.54, 1.807) is 7.11 Å². The average molecular weight is 440 g/mol. The van der Waals surface area contributed by atoms with Crippen LogP contribution in [0.15, 0.2) is 59.1 Å². The maximum Gasteiger partial charge on any atom is 0.196 e. The highest BCUT2D eigenvalue weighted by molar-refractivity contribution is 6.28. The van der Waals surface area contributed by atoms with Gasteiger partial charge in [0.05, 0.1) is 29.4 Å². The molecule has 4 aromatic rings. The number of ether oxygens (including phenoxy) is 1. The predicted octanol–water partition coefficient (Wildman–Crippen LogP) is 6.17. The van der Waals surface area contributed by atoms with Gasteiger partial charge in [0.15, 0.2) is 11.5 Å². The smallest absolute Gasteiger partial charge is 0.196 e. The van der Waals surface area contributed by atoms with E-state index in [-0.39, 0.29) is 5.78 Å². The standard InChI is InChI=1S/C27H25N3O3/c1-16-7-5-6-14-30(16)22-15-21(28-17-10-12-18(32-2)13-11-17)23-24-25(22)29-33-27(24)20-9-4-3-8-19(20)26(23)31/h3-4,8-13,15-16,28H,5-7,14H2,1-2H3/t16-/m0/s1. The van der Waals surface area contributed by atoms with Crippen molar-refractivity contribution in [1.82, 2.24) is 5.16 Å². The number of fused-ring (bicyclic) bond motifs is 2. The van der Waals surface area contributed by atoms with Crippen LogP contribution in [0.1, 0.15) is 42.1 Å². The van der Waals surface area contributed by atoms with Crippen molar-refractivity contribution in [2.24, 2.45) is 0 Å². The summed E-state index contributed by atoms with van der Waals surface area (Å²) in [7, 11) is 1.65. The van der Waals surface area contributed by atoms with E-state index >= 15 is 0 Å². The molecule has 6 nitrogen and oxygen atoms in total. The van der Waals surface area contributed by atoms with Gasteiger partial charge < -0.3 is 19.5 Å². The molecular formula is C27H25N3O3. The molecule has 0 unspecified atom stereocenters. The second-order valence-electron chi connectivity index (χ2n) is 8.82. The second-order valence-corrected chi connectivity index (χ2v) is 8.82. The van der Waals surface area contributed by atoms with E-state index in [4.69, 9.17) is 9.26 Å². The highest BCUT2D eigenvalue weighted by Crippen LogP contribution is 2.47. The lowest BCUT2D eigenvalue weighted by atomic mass is 9.86. The van der Waals surface area contributed by atoms with E-state index in [0.717, 1.165) is 58.7 Å². The summed E-state index contributed by atoms with van der Waals surface area (Å²) in [5.74, 6) is 1.44. The number of ketones is 1. The van der Waals surface area contributed by atoms with Crippen molar-refractivity contribution >= 4 is 33.7 Å². The highest BCUT2D eigenvalue weighted by atomic mass is 16.5. The summed E-state index contributed by atoms with van der Waals surface area (Å²) in [6, 6.07) is 17.8. The van der Waals surface area contributed by atoms with Crippen LogP contribution in [-0.4, -0.2) is 30.6 Å². The Morgan fingerprint density at radius 2 is 1.88 bits per heavy atom. The number of benzene rings is 3. The van der Waals surface area contributed by atoms with Gasteiger partial charge in [-0.05, 0) is 56.5 Å². The number of nitrogens with zero attached hydrogens (tertiary/aromatic N) is 2. The number of rotatable bonds is 4. The first-order valence-electron chi connectivity index (χ1n) is 11.4. The third-order valence-electron chi connectivity index (χ3n) is 6.86. The van der Waals surface area contributed by atoms with Crippen LogP contribution in [0.2, 0.25) is 0 Å². The Kier molecular flexibility index (Phi) is 4.61. The lowest BCUT2D eigenvalue weighted by molar-refractivity contribution is 0.104. The maximum absolute atomic E-state index is 13.7. The van der Waals surface area contributed by atoms with Gasteiger partial charge in [0.1, 0.15) is 11.3 Å². The SMILES string of the molecule is COc1ccc(Nc2cc(N3CCCC[C@@H]3C)c3noc4c3c2C(=O)c2ccccc2-4)cc1. The quantitative estimate of drug-likeness (QED) is 0.361. The number of carbonyl (C=O) groups excluding carboxylic acids is 1. The zero-order chi connectivity index (χ0) is 22.5. The normalized spacial score (nSPS) is 17.2. The van der Waals surface area contributed by atoms with Gasteiger partial charge in [-0.25, -0.2) is 0 Å². The Morgan fingerprint density at radius 1 is 1.09 bits per heavy atom. The predicted molar refractivity (Wildman–Crippen MR) is 130 cm³/mol. The first kappa shape index (κ1) is 19.9. The molecule has 0 saturated carbocycles. The van der Waals surface area contributed by atoms with E-state index in [2.05, 4.69) is 28.4 Å². The van der Waals surface area contributed by atoms with Gasteiger partial charge in [0.25, 0.3) is 0 Å². The Morgan fingerprint density at radius 3 is 2.64 bits per heavy atom. The van der Waals surface area contributed by atoms with Crippen LogP contribution in [0.4, 0.5) is 17.1 Å². The summed E-state index contributed by atoms with van der Waals surface area (Å²) in [4.78, 5) is 16.1. The van der Waals surface area contributed by atoms with Gasteiger partial charge in [0.2, 0.25) is 0 Å². The van der Waals surface area contributed by atoms with E-state index in [1.807, 2.05) is 48.5 Å². The number of hydrogen-bond acceptors (Lipinski definition) is 6. The molecule has 1 aliphatic heterocycles. The molecule has 1 fully saturated rings. The summed E-state index contributed by atoms with van der Waals surface area (Å²) in [6.45, 7) is 3.22. The molecule has 166 valence electrons. The summed E-state index contributed by atoms with van der Waals surface area (Å²) in [5, 5.41) is 8.79. The van der Waals surface area contributed by atoms with Crippen LogP contribution in [0.25, 0.3) is 22.2 Å². The molecule has 0 bridgehead atoms. The first-order chi connectivity index (χ1) is 16.2. The van der Waals surface area contributed by atoms with Crippen molar-refractivity contribution in [2.75, 3.05) is 23.9 Å². The van der Waals surface area contributed by atoms with Gasteiger partial charge >= 0.3 is 0 Å². The molecule has 6 rings (SSSR count). The summed E-state index contributed by atoms with van der Waals surface area (Å²) in [6.07, 6.45) is 3.50. The van der Waals surface area contributed by atoms with E-state index in [1.165, 1.54) is 6.42 Å². The van der Waals surface area contributed by atoms with Gasteiger partial charge in [-0.1, -0.05) is 29.4 Å². The largest absolute Gasteiger partial charge is 0.497 e. The van der Waals surface area contributed by atoms with Crippen molar-refractivity contribution in [2.45, 2.75) is 32.2 Å². The summed E-state index contributed by atoms with van der Waals surface area (Å²) < 4.78 is 11.2. The Labute approximate surface area is 192 Å². The zero-order valence-corrected chi connectivity index (χ0v) is 18.7. The Hall–Kier alpha value is -3.80. The van der Waals surface area contributed by atoms with Crippen LogP contribution in [-0.2, 0) is 0 Å². The van der Waals surface area contributed by atoms with E-state index in [0.29, 0.717) is 22.9 Å². The van der Waals surface area contributed by atoms with E-state index in [9.17, 15) is 4.79 Å². The van der Waals surface area contributed by atoms with Crippen molar-refractivity contribution in [3.63, 3.8) is 0 Å². The fraction of sp³-hybridized carbons (Fsp3) is 0.259. The fourth-order valence-electron chi connectivity index (χ4n) is 5.15. The average Bonchev–Trinajstić information content (AvgIpc) is 3.29. The minimum Gasteiger partial charge on any atom is -0.497 e. The third-order valence-corrected chi connectivity index (χ3v) is 6.86. The number of piperidine rings is 1. The van der Waals surface area contributed by atoms with Gasteiger partial charge in [0, 0.05) is 29.4 Å². The number of aromatic nitrogens is 1. The third kappa shape index (κ3) is 3.09. The topological polar surface area (TPSA) is 67.6 Å². The minimum atomic E-state index is -0.0134. The molecule has 1 aliphatic carbocycles. The molecule has 6 heteroatoms. The molecule has 0 spiro atoms. The minimum absolute atomic E-state index is 0.0134. The van der Waals surface area contributed by atoms with Crippen LogP contribution >= 0.6 is 0 Å². The van der Waals surface area contributed by atoms with Crippen LogP contribution in [0.3, 0.4) is 0 Å². The van der Waals surface area contributed by atoms with Crippen LogP contribution in [0, 0.1) is 0 Å². The second kappa shape index (κ2) is 7.66. The highest BCUT2D eigenvalue weighted by Gasteiger charge is 2.34. The molecule has 1 N–H and O–H groups in total. The van der Waals surface area contributed by atoms with Crippen molar-refractivity contribution in [1.29, 1.82) is 0 Å². The van der Waals surface area contributed by atoms with Crippen LogP contribution in [0.5, 0.6) is 5.75 Å². The number of nitrogens with one attached hydrogen (secondary N) is 1. The number of methoxy groups -OCH3 is 1. The summed E-state index contributed by atoms with van der Waals surface area (Å²) in [5.41, 5.74) is 5.48. The molecule has 0 amide bonds. The molecule has 33 heavy (non-hydrogen) atoms. The maximum atomic E-state index is 13.7. The van der Waals surface area contributed by atoms with Gasteiger partial charge in [-0.15, -0.1) is 0 Å². The van der Waals surface area contributed by atoms with E-state index < -0.39 is 0 Å². The molecule has 3 aromatic carbocycles. The van der Waals surface area contributed by atoms with Gasteiger partial charge in [-0.2, -0.15) is 0 Å². The van der Waals surface area contributed by atoms with Gasteiger partial charge in [-0.3, -0.25) is 4.79 Å². The molecule has 0 radical (unpaired) electrons. The van der Waals surface area contributed by atoms with Crippen molar-refractivity contribution in [3.8, 4) is 17.1 Å². The fourth-order valence-corrected chi connectivity index (χ4v) is 5.15. The zero-order valence-electron chi connectivity index (χ0n) is 18.7. The molecule has 1 saturated heterocycles. The molecular weight excluding hydrogens is 414 g/mol. The molecule has 2 aliphatic rings. The number of carbonyl (C=O) groups is 1. The molecule has 1 aromatic heterocycles. The van der Waals surface area contributed by atoms with Crippen molar-refractivity contribution in [3.05, 3.63) is 65.7 Å². The number of anilines is 3. The lowest BCUT2D eigenvalue weighted by Gasteiger charge is -2.36. The molecule has 2 heterocycles. The molecule has 1 atom stereocenters. The Bertz CT molecular complexity index is 1370. The summed E-state index contributed by atoms with van der Waals surface area (Å²) >= 11 is 0. The monoisotopic (exact) mass is 439 g/mol. The van der Waals surface area contributed by atoms with Crippen molar-refractivity contribution < 1.29 is 14.1 Å². The van der Waals surface area contributed by atoms with Crippen LogP contribution < -0.4 is 15.0 Å². The lowest BCUT2D eigenvalue weighted by Crippen LogP contribution is -2.37.